The fourth-order valence-corrected chi connectivity index (χ4v) is 2.07. The Bertz CT molecular complexity index is 458. The lowest BCUT2D eigenvalue weighted by Gasteiger charge is -2.00. The van der Waals surface area contributed by atoms with Gasteiger partial charge >= 0.3 is 0 Å². The Kier molecular flexibility index (Phi) is 6.01. The molecule has 1 amide bonds. The highest BCUT2D eigenvalue weighted by Crippen LogP contribution is 2.24. The molecule has 98 valence electrons. The maximum atomic E-state index is 11.8. The van der Waals surface area contributed by atoms with E-state index in [0.29, 0.717) is 23.0 Å². The van der Waals surface area contributed by atoms with Crippen LogP contribution < -0.4 is 16.4 Å². The highest BCUT2D eigenvalue weighted by atomic mass is 32.1. The molecule has 0 aromatic carbocycles. The number of nitrogens with one attached hydrogen (secondary N) is 2. The van der Waals surface area contributed by atoms with Gasteiger partial charge in [-0.15, -0.1) is 11.8 Å². The smallest absolute Gasteiger partial charge is 0.265 e. The molecule has 0 bridgehead atoms. The van der Waals surface area contributed by atoms with Crippen molar-refractivity contribution in [2.45, 2.75) is 26.7 Å². The minimum atomic E-state index is -0.188. The minimum absolute atomic E-state index is 0.188. The maximum absolute atomic E-state index is 11.8. The third-order valence-corrected chi connectivity index (χ3v) is 3.13. The second kappa shape index (κ2) is 7.56. The van der Waals surface area contributed by atoms with E-state index in [1.165, 1.54) is 11.3 Å². The van der Waals surface area contributed by atoms with E-state index < -0.39 is 0 Å². The molecule has 4 N–H and O–H groups in total. The van der Waals surface area contributed by atoms with Gasteiger partial charge in [-0.3, -0.25) is 4.79 Å². The van der Waals surface area contributed by atoms with Crippen LogP contribution in [0.1, 0.15) is 36.4 Å². The van der Waals surface area contributed by atoms with Gasteiger partial charge in [0.2, 0.25) is 0 Å². The number of nitrogen functional groups attached to an aromatic ring is 1. The first-order valence-electron chi connectivity index (χ1n) is 5.87. The van der Waals surface area contributed by atoms with Gasteiger partial charge in [0, 0.05) is 19.5 Å². The summed E-state index contributed by atoms with van der Waals surface area (Å²) in [5, 5.41) is 6.56. The van der Waals surface area contributed by atoms with Crippen LogP contribution in [-0.2, 0) is 0 Å². The van der Waals surface area contributed by atoms with Crippen molar-refractivity contribution in [3.63, 3.8) is 0 Å². The topological polar surface area (TPSA) is 80.0 Å². The van der Waals surface area contributed by atoms with Crippen molar-refractivity contribution in [2.24, 2.45) is 0 Å². The molecular formula is C12H18N4OS. The van der Waals surface area contributed by atoms with E-state index in [1.807, 2.05) is 0 Å². The van der Waals surface area contributed by atoms with Crippen molar-refractivity contribution in [1.29, 1.82) is 0 Å². The summed E-state index contributed by atoms with van der Waals surface area (Å²) < 4.78 is 0. The highest BCUT2D eigenvalue weighted by molar-refractivity contribution is 7.18. The SMILES string of the molecule is CC#CCCNC(=O)c1sc(NCCC)nc1N. The van der Waals surface area contributed by atoms with Crippen LogP contribution in [0.3, 0.4) is 0 Å². The lowest BCUT2D eigenvalue weighted by Crippen LogP contribution is -2.24. The quantitative estimate of drug-likeness (QED) is 0.541. The van der Waals surface area contributed by atoms with E-state index in [1.54, 1.807) is 6.92 Å². The Hall–Kier alpha value is -1.74. The monoisotopic (exact) mass is 266 g/mol. The van der Waals surface area contributed by atoms with Crippen molar-refractivity contribution in [3.8, 4) is 11.8 Å². The summed E-state index contributed by atoms with van der Waals surface area (Å²) in [4.78, 5) is 16.4. The van der Waals surface area contributed by atoms with Crippen LogP contribution in [0.25, 0.3) is 0 Å². The van der Waals surface area contributed by atoms with Crippen molar-refractivity contribution in [3.05, 3.63) is 4.88 Å². The molecule has 1 aromatic rings. The zero-order valence-electron chi connectivity index (χ0n) is 10.7. The zero-order valence-corrected chi connectivity index (χ0v) is 11.5. The standard InChI is InChI=1S/C12H18N4OS/c1-3-5-6-8-14-11(17)9-10(13)16-12(18-9)15-7-4-2/h4,6-8,13H2,1-2H3,(H,14,17)(H,15,16). The fourth-order valence-electron chi connectivity index (χ4n) is 1.25. The Morgan fingerprint density at radius 2 is 2.28 bits per heavy atom. The van der Waals surface area contributed by atoms with Crippen LogP contribution in [0, 0.1) is 11.8 Å². The van der Waals surface area contributed by atoms with E-state index in [2.05, 4.69) is 34.4 Å². The molecule has 18 heavy (non-hydrogen) atoms. The van der Waals surface area contributed by atoms with Gasteiger partial charge in [0.1, 0.15) is 10.7 Å². The lowest BCUT2D eigenvalue weighted by atomic mass is 10.4. The normalized spacial score (nSPS) is 9.44. The second-order valence-corrected chi connectivity index (χ2v) is 4.59. The molecule has 0 saturated heterocycles. The highest BCUT2D eigenvalue weighted by Gasteiger charge is 2.15. The molecule has 0 spiro atoms. The number of thiazole rings is 1. The lowest BCUT2D eigenvalue weighted by molar-refractivity contribution is 0.0959. The molecule has 6 heteroatoms. The molecule has 0 atom stereocenters. The van der Waals surface area contributed by atoms with Crippen LogP contribution in [0.15, 0.2) is 0 Å². The first-order chi connectivity index (χ1) is 8.69. The van der Waals surface area contributed by atoms with Crippen LogP contribution in [0.2, 0.25) is 0 Å². The van der Waals surface area contributed by atoms with Gasteiger partial charge in [-0.25, -0.2) is 4.98 Å². The van der Waals surface area contributed by atoms with Gasteiger partial charge in [0.05, 0.1) is 0 Å². The molecule has 0 unspecified atom stereocenters. The van der Waals surface area contributed by atoms with Crippen LogP contribution in [0.4, 0.5) is 10.9 Å². The molecule has 1 heterocycles. The molecule has 0 radical (unpaired) electrons. The van der Waals surface area contributed by atoms with E-state index in [0.717, 1.165) is 13.0 Å². The Morgan fingerprint density at radius 1 is 1.50 bits per heavy atom. The number of hydrogen-bond acceptors (Lipinski definition) is 5. The van der Waals surface area contributed by atoms with Crippen LogP contribution in [-0.4, -0.2) is 24.0 Å². The summed E-state index contributed by atoms with van der Waals surface area (Å²) >= 11 is 1.28. The first-order valence-corrected chi connectivity index (χ1v) is 6.68. The molecule has 1 aromatic heterocycles. The number of rotatable bonds is 6. The van der Waals surface area contributed by atoms with Crippen LogP contribution >= 0.6 is 11.3 Å². The third-order valence-electron chi connectivity index (χ3n) is 2.10. The summed E-state index contributed by atoms with van der Waals surface area (Å²) in [7, 11) is 0. The molecule has 0 saturated carbocycles. The van der Waals surface area contributed by atoms with Gasteiger partial charge in [-0.1, -0.05) is 18.3 Å². The Morgan fingerprint density at radius 3 is 2.94 bits per heavy atom. The summed E-state index contributed by atoms with van der Waals surface area (Å²) in [6, 6.07) is 0. The molecule has 0 aliphatic carbocycles. The molecule has 5 nitrogen and oxygen atoms in total. The number of aromatic nitrogens is 1. The number of nitrogens with zero attached hydrogens (tertiary/aromatic N) is 1. The van der Waals surface area contributed by atoms with Crippen LogP contribution in [0.5, 0.6) is 0 Å². The molecule has 1 rings (SSSR count). The van der Waals surface area contributed by atoms with Crippen molar-refractivity contribution in [2.75, 3.05) is 24.1 Å². The minimum Gasteiger partial charge on any atom is -0.382 e. The van der Waals surface area contributed by atoms with Gasteiger partial charge in [-0.2, -0.15) is 0 Å². The van der Waals surface area contributed by atoms with E-state index in [-0.39, 0.29) is 11.7 Å². The molecule has 0 aliphatic heterocycles. The van der Waals surface area contributed by atoms with Crippen molar-refractivity contribution in [1.82, 2.24) is 10.3 Å². The van der Waals surface area contributed by atoms with E-state index >= 15 is 0 Å². The van der Waals surface area contributed by atoms with Gasteiger partial charge in [-0.05, 0) is 13.3 Å². The average Bonchev–Trinajstić information content (AvgIpc) is 2.73. The van der Waals surface area contributed by atoms with Crippen molar-refractivity contribution < 1.29 is 4.79 Å². The number of anilines is 2. The second-order valence-electron chi connectivity index (χ2n) is 3.59. The number of carbonyl (C=O) groups excluding carboxylic acids is 1. The third kappa shape index (κ3) is 4.26. The maximum Gasteiger partial charge on any atom is 0.265 e. The van der Waals surface area contributed by atoms with E-state index in [9.17, 15) is 4.79 Å². The predicted molar refractivity (Wildman–Crippen MR) is 75.7 cm³/mol. The summed E-state index contributed by atoms with van der Waals surface area (Å²) in [6.07, 6.45) is 1.64. The van der Waals surface area contributed by atoms with Crippen molar-refractivity contribution >= 4 is 28.2 Å². The molecule has 0 aliphatic rings. The van der Waals surface area contributed by atoms with Gasteiger partial charge < -0.3 is 16.4 Å². The molecule has 0 fully saturated rings. The fraction of sp³-hybridized carbons (Fsp3) is 0.500. The predicted octanol–water partition coefficient (Wildman–Crippen LogP) is 1.69. The number of amides is 1. The largest absolute Gasteiger partial charge is 0.382 e. The Balaban J connectivity index is 2.55. The Labute approximate surface area is 111 Å². The number of hydrogen-bond donors (Lipinski definition) is 3. The van der Waals surface area contributed by atoms with Gasteiger partial charge in [0.15, 0.2) is 5.13 Å². The number of carbonyl (C=O) groups is 1. The summed E-state index contributed by atoms with van der Waals surface area (Å²) in [5.74, 6) is 5.74. The molecular weight excluding hydrogens is 248 g/mol. The first kappa shape index (κ1) is 14.3. The average molecular weight is 266 g/mol. The van der Waals surface area contributed by atoms with Gasteiger partial charge in [0.25, 0.3) is 5.91 Å². The van der Waals surface area contributed by atoms with E-state index in [4.69, 9.17) is 5.73 Å². The zero-order chi connectivity index (χ0) is 13.4. The number of nitrogens with two attached hydrogens (primary N) is 1. The summed E-state index contributed by atoms with van der Waals surface area (Å²) in [5.41, 5.74) is 5.71. The summed E-state index contributed by atoms with van der Waals surface area (Å²) in [6.45, 7) is 5.18.